The van der Waals surface area contributed by atoms with E-state index in [9.17, 15) is 5.11 Å². The van der Waals surface area contributed by atoms with Gasteiger partial charge in [-0.15, -0.1) is 0 Å². The lowest BCUT2D eigenvalue weighted by molar-refractivity contribution is 0.0755. The summed E-state index contributed by atoms with van der Waals surface area (Å²) in [7, 11) is 0. The molecule has 104 valence electrons. The molecule has 0 saturated heterocycles. The number of fused-ring (bicyclic) bond motifs is 1. The normalized spacial score (nSPS) is 47.3. The second kappa shape index (κ2) is 4.09. The summed E-state index contributed by atoms with van der Waals surface area (Å²) in [5.41, 5.74) is 1.15. The van der Waals surface area contributed by atoms with E-state index in [0.717, 1.165) is 24.7 Å². The average Bonchev–Trinajstić information content (AvgIpc) is 2.95. The van der Waals surface area contributed by atoms with Crippen LogP contribution < -0.4 is 0 Å². The molecule has 0 bridgehead atoms. The first-order valence-corrected chi connectivity index (χ1v) is 7.65. The fourth-order valence-electron chi connectivity index (χ4n) is 4.87. The van der Waals surface area contributed by atoms with Gasteiger partial charge < -0.3 is 5.11 Å². The van der Waals surface area contributed by atoms with Crippen molar-refractivity contribution in [3.05, 3.63) is 36.5 Å². The molecule has 3 aliphatic carbocycles. The molecule has 0 aliphatic heterocycles. The van der Waals surface area contributed by atoms with Crippen molar-refractivity contribution in [2.24, 2.45) is 29.1 Å². The van der Waals surface area contributed by atoms with Crippen LogP contribution in [0.1, 0.15) is 40.0 Å². The van der Waals surface area contributed by atoms with Crippen molar-refractivity contribution >= 4 is 0 Å². The molecule has 1 N–H and O–H groups in total. The monoisotopic (exact) mass is 258 g/mol. The van der Waals surface area contributed by atoms with Gasteiger partial charge in [0.25, 0.3) is 0 Å². The van der Waals surface area contributed by atoms with E-state index in [-0.39, 0.29) is 5.92 Å². The molecule has 3 rings (SSSR count). The molecule has 5 atom stereocenters. The lowest BCUT2D eigenvalue weighted by Gasteiger charge is -2.39. The summed E-state index contributed by atoms with van der Waals surface area (Å²) in [6.45, 7) is 11.0. The molecule has 1 fully saturated rings. The van der Waals surface area contributed by atoms with Crippen LogP contribution in [0.15, 0.2) is 36.5 Å². The van der Waals surface area contributed by atoms with Crippen LogP contribution in [0.4, 0.5) is 0 Å². The van der Waals surface area contributed by atoms with Crippen molar-refractivity contribution in [3.63, 3.8) is 0 Å². The molecule has 1 nitrogen and oxygen atoms in total. The van der Waals surface area contributed by atoms with Crippen molar-refractivity contribution in [1.29, 1.82) is 0 Å². The smallest absolute Gasteiger partial charge is 0.107 e. The largest absolute Gasteiger partial charge is 0.381 e. The molecular weight excluding hydrogens is 232 g/mol. The zero-order chi connectivity index (χ0) is 13.8. The third-order valence-electron chi connectivity index (χ3n) is 6.11. The van der Waals surface area contributed by atoms with E-state index in [4.69, 9.17) is 0 Å². The molecule has 0 amide bonds. The molecule has 19 heavy (non-hydrogen) atoms. The minimum absolute atomic E-state index is 0.238. The van der Waals surface area contributed by atoms with Gasteiger partial charge in [-0.25, -0.2) is 0 Å². The van der Waals surface area contributed by atoms with Crippen LogP contribution in [-0.4, -0.2) is 10.7 Å². The summed E-state index contributed by atoms with van der Waals surface area (Å²) in [6, 6.07) is 0. The summed E-state index contributed by atoms with van der Waals surface area (Å²) >= 11 is 0. The second-order valence-corrected chi connectivity index (χ2v) is 7.31. The molecule has 0 unspecified atom stereocenters. The van der Waals surface area contributed by atoms with E-state index in [2.05, 4.69) is 39.5 Å². The maximum absolute atomic E-state index is 10.8. The summed E-state index contributed by atoms with van der Waals surface area (Å²) in [5, 5.41) is 10.8. The Morgan fingerprint density at radius 1 is 1.42 bits per heavy atom. The minimum atomic E-state index is -0.829. The maximum atomic E-state index is 10.8. The highest BCUT2D eigenvalue weighted by atomic mass is 16.3. The van der Waals surface area contributed by atoms with Crippen molar-refractivity contribution in [1.82, 2.24) is 0 Å². The van der Waals surface area contributed by atoms with Crippen molar-refractivity contribution in [2.75, 3.05) is 0 Å². The summed E-state index contributed by atoms with van der Waals surface area (Å²) in [6.07, 6.45) is 11.5. The van der Waals surface area contributed by atoms with Gasteiger partial charge in [0, 0.05) is 5.92 Å². The quantitative estimate of drug-likeness (QED) is 0.739. The Kier molecular flexibility index (Phi) is 2.83. The fourth-order valence-corrected chi connectivity index (χ4v) is 4.87. The van der Waals surface area contributed by atoms with Gasteiger partial charge in [0.05, 0.1) is 0 Å². The summed E-state index contributed by atoms with van der Waals surface area (Å²) in [5.74, 6) is 2.52. The van der Waals surface area contributed by atoms with Crippen LogP contribution in [0.2, 0.25) is 0 Å². The summed E-state index contributed by atoms with van der Waals surface area (Å²) in [4.78, 5) is 0. The predicted octanol–water partition coefficient (Wildman–Crippen LogP) is 4.11. The number of aliphatic hydroxyl groups is 1. The lowest BCUT2D eigenvalue weighted by Crippen LogP contribution is -2.39. The Morgan fingerprint density at radius 3 is 2.84 bits per heavy atom. The Labute approximate surface area is 117 Å². The molecule has 0 aromatic carbocycles. The SMILES string of the molecule is C=C[C@@]1(O)C=CCC[C@@H]1C1=CC[C@@H]2[C@H]([C@@H]1C)C2(C)C. The number of hydrogen-bond acceptors (Lipinski definition) is 1. The first-order valence-electron chi connectivity index (χ1n) is 7.65. The predicted molar refractivity (Wildman–Crippen MR) is 79.6 cm³/mol. The highest BCUT2D eigenvalue weighted by molar-refractivity contribution is 5.32. The Hall–Kier alpha value is -0.820. The molecule has 0 radical (unpaired) electrons. The number of hydrogen-bond donors (Lipinski definition) is 1. The summed E-state index contributed by atoms with van der Waals surface area (Å²) < 4.78 is 0. The highest BCUT2D eigenvalue weighted by Gasteiger charge is 2.61. The molecule has 1 heteroatoms. The van der Waals surface area contributed by atoms with Gasteiger partial charge in [0.15, 0.2) is 0 Å². The Balaban J connectivity index is 1.89. The molecule has 0 aromatic heterocycles. The Morgan fingerprint density at radius 2 is 2.16 bits per heavy atom. The van der Waals surface area contributed by atoms with Crippen LogP contribution in [0.3, 0.4) is 0 Å². The van der Waals surface area contributed by atoms with Crippen LogP contribution >= 0.6 is 0 Å². The van der Waals surface area contributed by atoms with Gasteiger partial charge >= 0.3 is 0 Å². The van der Waals surface area contributed by atoms with Crippen molar-refractivity contribution < 1.29 is 5.11 Å². The molecule has 0 spiro atoms. The first-order chi connectivity index (χ1) is 8.92. The standard InChI is InChI=1S/C18H26O/c1-5-18(19)11-7-6-8-14(18)13-9-10-15-16(12(13)2)17(15,3)4/h5,7,9,11-12,14-16,19H,1,6,8,10H2,2-4H3/t12-,14-,15-,16+,18-/m1/s1. The van der Waals surface area contributed by atoms with Crippen molar-refractivity contribution in [2.45, 2.75) is 45.6 Å². The number of allylic oxidation sites excluding steroid dienone is 2. The first kappa shape index (κ1) is 13.2. The van der Waals surface area contributed by atoms with Crippen LogP contribution in [0.5, 0.6) is 0 Å². The van der Waals surface area contributed by atoms with Gasteiger partial charge in [-0.2, -0.15) is 0 Å². The van der Waals surface area contributed by atoms with E-state index in [1.807, 2.05) is 6.08 Å². The van der Waals surface area contributed by atoms with Crippen LogP contribution in [-0.2, 0) is 0 Å². The van der Waals surface area contributed by atoms with Gasteiger partial charge in [0.2, 0.25) is 0 Å². The number of rotatable bonds is 2. The molecule has 1 saturated carbocycles. The molecule has 0 heterocycles. The Bertz CT molecular complexity index is 456. The maximum Gasteiger partial charge on any atom is 0.107 e. The van der Waals surface area contributed by atoms with E-state index in [1.54, 1.807) is 6.08 Å². The highest BCUT2D eigenvalue weighted by Crippen LogP contribution is 2.67. The van der Waals surface area contributed by atoms with E-state index < -0.39 is 5.60 Å². The van der Waals surface area contributed by atoms with Crippen LogP contribution in [0, 0.1) is 29.1 Å². The third kappa shape index (κ3) is 1.78. The fraction of sp³-hybridized carbons (Fsp3) is 0.667. The van der Waals surface area contributed by atoms with E-state index in [0.29, 0.717) is 11.3 Å². The molecule has 3 aliphatic rings. The van der Waals surface area contributed by atoms with E-state index >= 15 is 0 Å². The zero-order valence-electron chi connectivity index (χ0n) is 12.4. The van der Waals surface area contributed by atoms with Gasteiger partial charge in [0.1, 0.15) is 5.60 Å². The van der Waals surface area contributed by atoms with E-state index in [1.165, 1.54) is 12.0 Å². The topological polar surface area (TPSA) is 20.2 Å². The lowest BCUT2D eigenvalue weighted by atomic mass is 9.69. The minimum Gasteiger partial charge on any atom is -0.381 e. The van der Waals surface area contributed by atoms with Gasteiger partial charge in [-0.3, -0.25) is 0 Å². The third-order valence-corrected chi connectivity index (χ3v) is 6.11. The average molecular weight is 258 g/mol. The van der Waals surface area contributed by atoms with Gasteiger partial charge in [-0.1, -0.05) is 57.2 Å². The zero-order valence-corrected chi connectivity index (χ0v) is 12.4. The van der Waals surface area contributed by atoms with Crippen molar-refractivity contribution in [3.8, 4) is 0 Å². The molecular formula is C18H26O. The molecule has 0 aromatic rings. The second-order valence-electron chi connectivity index (χ2n) is 7.31. The van der Waals surface area contributed by atoms with Crippen LogP contribution in [0.25, 0.3) is 0 Å². The van der Waals surface area contributed by atoms with Gasteiger partial charge in [-0.05, 0) is 42.4 Å².